The standard InChI is InChI=1S/C8H8BrN3O2S/c1-14-8(13)12-7(15)11-6-5(9)3-2-4-10-6/h2-4H,1H3,(H2,10,11,12,13,15). The molecule has 1 amide bonds. The largest absolute Gasteiger partial charge is 0.453 e. The lowest BCUT2D eigenvalue weighted by Crippen LogP contribution is -2.34. The van der Waals surface area contributed by atoms with Gasteiger partial charge in [0, 0.05) is 6.20 Å². The molecule has 2 N–H and O–H groups in total. The Hall–Kier alpha value is -1.21. The number of thiocarbonyl (C=S) groups is 1. The third-order valence-electron chi connectivity index (χ3n) is 1.39. The van der Waals surface area contributed by atoms with Crippen molar-refractivity contribution >= 4 is 45.2 Å². The number of ether oxygens (including phenoxy) is 1. The minimum atomic E-state index is -0.625. The van der Waals surface area contributed by atoms with Crippen molar-refractivity contribution in [1.29, 1.82) is 0 Å². The first-order chi connectivity index (χ1) is 7.13. The van der Waals surface area contributed by atoms with Gasteiger partial charge in [0.05, 0.1) is 11.6 Å². The van der Waals surface area contributed by atoms with Gasteiger partial charge in [0.1, 0.15) is 5.82 Å². The molecular formula is C8H8BrN3O2S. The maximum Gasteiger partial charge on any atom is 0.413 e. The number of hydrogen-bond acceptors (Lipinski definition) is 4. The minimum Gasteiger partial charge on any atom is -0.453 e. The number of anilines is 1. The summed E-state index contributed by atoms with van der Waals surface area (Å²) >= 11 is 8.13. The summed E-state index contributed by atoms with van der Waals surface area (Å²) in [6, 6.07) is 3.57. The third-order valence-corrected chi connectivity index (χ3v) is 2.24. The zero-order valence-corrected chi connectivity index (χ0v) is 10.2. The van der Waals surface area contributed by atoms with Crippen molar-refractivity contribution < 1.29 is 9.53 Å². The van der Waals surface area contributed by atoms with Crippen LogP contribution in [0.3, 0.4) is 0 Å². The van der Waals surface area contributed by atoms with Crippen molar-refractivity contribution in [2.24, 2.45) is 0 Å². The molecule has 0 bridgehead atoms. The quantitative estimate of drug-likeness (QED) is 0.773. The second-order valence-corrected chi connectivity index (χ2v) is 3.67. The lowest BCUT2D eigenvalue weighted by Gasteiger charge is -2.08. The van der Waals surface area contributed by atoms with Crippen LogP contribution in [0.4, 0.5) is 10.6 Å². The second-order valence-electron chi connectivity index (χ2n) is 2.40. The van der Waals surface area contributed by atoms with E-state index in [4.69, 9.17) is 12.2 Å². The van der Waals surface area contributed by atoms with Crippen LogP contribution in [0, 0.1) is 0 Å². The normalized spacial score (nSPS) is 9.20. The van der Waals surface area contributed by atoms with Crippen LogP contribution in [-0.2, 0) is 4.74 Å². The fourth-order valence-corrected chi connectivity index (χ4v) is 1.29. The Bertz CT molecular complexity index is 386. The summed E-state index contributed by atoms with van der Waals surface area (Å²) in [5, 5.41) is 5.17. The molecule has 1 heterocycles. The van der Waals surface area contributed by atoms with E-state index in [1.807, 2.05) is 0 Å². The third kappa shape index (κ3) is 3.80. The van der Waals surface area contributed by atoms with Crippen molar-refractivity contribution in [2.45, 2.75) is 0 Å². The topological polar surface area (TPSA) is 63.2 Å². The van der Waals surface area contributed by atoms with Gasteiger partial charge in [0.15, 0.2) is 5.11 Å². The number of rotatable bonds is 1. The molecule has 0 spiro atoms. The molecule has 0 atom stereocenters. The second kappa shape index (κ2) is 5.62. The summed E-state index contributed by atoms with van der Waals surface area (Å²) in [6.45, 7) is 0. The van der Waals surface area contributed by atoms with E-state index in [1.165, 1.54) is 7.11 Å². The summed E-state index contributed by atoms with van der Waals surface area (Å²) in [4.78, 5) is 14.8. The van der Waals surface area contributed by atoms with E-state index < -0.39 is 6.09 Å². The van der Waals surface area contributed by atoms with Crippen molar-refractivity contribution in [1.82, 2.24) is 10.3 Å². The number of methoxy groups -OCH3 is 1. The van der Waals surface area contributed by atoms with Gasteiger partial charge in [0.2, 0.25) is 0 Å². The number of nitrogens with zero attached hydrogens (tertiary/aromatic N) is 1. The van der Waals surface area contributed by atoms with Crippen LogP contribution in [0.1, 0.15) is 0 Å². The molecule has 5 nitrogen and oxygen atoms in total. The molecule has 0 aliphatic carbocycles. The van der Waals surface area contributed by atoms with E-state index in [9.17, 15) is 4.79 Å². The van der Waals surface area contributed by atoms with E-state index in [0.29, 0.717) is 5.82 Å². The van der Waals surface area contributed by atoms with E-state index in [1.54, 1.807) is 18.3 Å². The zero-order chi connectivity index (χ0) is 11.3. The van der Waals surface area contributed by atoms with Crippen molar-refractivity contribution in [3.05, 3.63) is 22.8 Å². The fourth-order valence-electron chi connectivity index (χ4n) is 0.760. The molecule has 0 aromatic carbocycles. The van der Waals surface area contributed by atoms with Crippen LogP contribution < -0.4 is 10.6 Å². The summed E-state index contributed by atoms with van der Waals surface area (Å²) in [6.07, 6.45) is 0.980. The number of alkyl carbamates (subject to hydrolysis) is 1. The van der Waals surface area contributed by atoms with Crippen LogP contribution in [-0.4, -0.2) is 23.3 Å². The van der Waals surface area contributed by atoms with Crippen LogP contribution in [0.2, 0.25) is 0 Å². The maximum absolute atomic E-state index is 10.8. The van der Waals surface area contributed by atoms with E-state index in [-0.39, 0.29) is 5.11 Å². The highest BCUT2D eigenvalue weighted by molar-refractivity contribution is 9.10. The van der Waals surface area contributed by atoms with Gasteiger partial charge in [-0.1, -0.05) is 0 Å². The summed E-state index contributed by atoms with van der Waals surface area (Å²) in [7, 11) is 1.26. The summed E-state index contributed by atoms with van der Waals surface area (Å²) in [5.41, 5.74) is 0. The Labute approximate surface area is 100 Å². The Morgan fingerprint density at radius 1 is 1.67 bits per heavy atom. The molecule has 80 valence electrons. The number of aromatic nitrogens is 1. The molecular weight excluding hydrogens is 282 g/mol. The molecule has 1 rings (SSSR count). The summed E-state index contributed by atoms with van der Waals surface area (Å²) in [5.74, 6) is 0.527. The molecule has 0 aliphatic rings. The Morgan fingerprint density at radius 3 is 3.00 bits per heavy atom. The molecule has 0 fully saturated rings. The molecule has 1 aromatic heterocycles. The number of amides is 1. The Morgan fingerprint density at radius 2 is 2.40 bits per heavy atom. The number of pyridine rings is 1. The first-order valence-electron chi connectivity index (χ1n) is 3.90. The van der Waals surface area contributed by atoms with Gasteiger partial charge in [-0.05, 0) is 40.3 Å². The fraction of sp³-hybridized carbons (Fsp3) is 0.125. The van der Waals surface area contributed by atoms with Crippen LogP contribution >= 0.6 is 28.1 Å². The Kier molecular flexibility index (Phi) is 4.44. The van der Waals surface area contributed by atoms with E-state index in [2.05, 4.69) is 36.3 Å². The molecule has 0 aliphatic heterocycles. The highest BCUT2D eigenvalue weighted by atomic mass is 79.9. The van der Waals surface area contributed by atoms with Gasteiger partial charge in [-0.25, -0.2) is 9.78 Å². The molecule has 0 unspecified atom stereocenters. The average Bonchev–Trinajstić information content (AvgIpc) is 2.21. The van der Waals surface area contributed by atoms with E-state index >= 15 is 0 Å². The van der Waals surface area contributed by atoms with E-state index in [0.717, 1.165) is 4.47 Å². The smallest absolute Gasteiger partial charge is 0.413 e. The van der Waals surface area contributed by atoms with Gasteiger partial charge < -0.3 is 10.1 Å². The van der Waals surface area contributed by atoms with Gasteiger partial charge in [-0.15, -0.1) is 0 Å². The average molecular weight is 290 g/mol. The minimum absolute atomic E-state index is 0.126. The number of carbonyl (C=O) groups excluding carboxylic acids is 1. The molecule has 7 heteroatoms. The van der Waals surface area contributed by atoms with Crippen molar-refractivity contribution in [3.63, 3.8) is 0 Å². The Balaban J connectivity index is 2.59. The van der Waals surface area contributed by atoms with Gasteiger partial charge in [0.25, 0.3) is 0 Å². The van der Waals surface area contributed by atoms with Gasteiger partial charge >= 0.3 is 6.09 Å². The predicted octanol–water partition coefficient (Wildman–Crippen LogP) is 1.90. The number of halogens is 1. The predicted molar refractivity (Wildman–Crippen MR) is 63.7 cm³/mol. The molecule has 0 saturated heterocycles. The lowest BCUT2D eigenvalue weighted by atomic mass is 10.5. The molecule has 15 heavy (non-hydrogen) atoms. The summed E-state index contributed by atoms with van der Waals surface area (Å²) < 4.78 is 5.13. The molecule has 0 saturated carbocycles. The highest BCUT2D eigenvalue weighted by Crippen LogP contribution is 2.17. The van der Waals surface area contributed by atoms with Gasteiger partial charge in [-0.3, -0.25) is 5.32 Å². The van der Waals surface area contributed by atoms with Crippen molar-refractivity contribution in [2.75, 3.05) is 12.4 Å². The van der Waals surface area contributed by atoms with Crippen LogP contribution in [0.5, 0.6) is 0 Å². The lowest BCUT2D eigenvalue weighted by molar-refractivity contribution is 0.177. The number of carbonyl (C=O) groups is 1. The number of hydrogen-bond donors (Lipinski definition) is 2. The van der Waals surface area contributed by atoms with Crippen molar-refractivity contribution in [3.8, 4) is 0 Å². The number of nitrogens with one attached hydrogen (secondary N) is 2. The van der Waals surface area contributed by atoms with Crippen LogP contribution in [0.15, 0.2) is 22.8 Å². The zero-order valence-electron chi connectivity index (χ0n) is 7.78. The van der Waals surface area contributed by atoms with Crippen LogP contribution in [0.25, 0.3) is 0 Å². The first kappa shape index (κ1) is 11.9. The SMILES string of the molecule is COC(=O)NC(=S)Nc1ncccc1Br. The maximum atomic E-state index is 10.8. The van der Waals surface area contributed by atoms with Gasteiger partial charge in [-0.2, -0.15) is 0 Å². The monoisotopic (exact) mass is 289 g/mol. The highest BCUT2D eigenvalue weighted by Gasteiger charge is 2.05. The molecule has 0 radical (unpaired) electrons. The molecule has 1 aromatic rings. The first-order valence-corrected chi connectivity index (χ1v) is 5.10.